The number of nitrogens with one attached hydrogen (secondary N) is 2. The molecular weight excluding hydrogens is 468 g/mol. The number of guanidine groups is 1. The quantitative estimate of drug-likeness (QED) is 0.0784. The molecule has 1 aliphatic heterocycles. The van der Waals surface area contributed by atoms with Gasteiger partial charge in [-0.15, -0.1) is 0 Å². The number of ether oxygens (including phenoxy) is 2. The molecule has 13 heteroatoms. The standard InChI is InChI=1S/C23H38N8O5/c1-3-4-5-6-13-35-21(33)20-16(28-18(32)14-15(24)9-11-30(2)22(26)27)7-8-19(36-20)31-12-10-17(25)29-23(31)34/h7-8,10,12,15-16,19-20H,3-6,9,11,13-14,24H2,1-2H3,(H3,26,27)(H,28,32)(H2,25,29,34)/t15-,16-,19+,20-/m0/s1. The minimum absolute atomic E-state index is 0.000358. The molecule has 1 aliphatic rings. The summed E-state index contributed by atoms with van der Waals surface area (Å²) in [6.45, 7) is 2.74. The fourth-order valence-electron chi connectivity index (χ4n) is 3.55. The van der Waals surface area contributed by atoms with Crippen molar-refractivity contribution in [3.05, 3.63) is 34.9 Å². The van der Waals surface area contributed by atoms with Crippen LogP contribution in [0.25, 0.3) is 0 Å². The third-order valence-electron chi connectivity index (χ3n) is 5.72. The van der Waals surface area contributed by atoms with Gasteiger partial charge in [0.15, 0.2) is 18.3 Å². The number of carbonyl (C=O) groups excluding carboxylic acids is 2. The summed E-state index contributed by atoms with van der Waals surface area (Å²) >= 11 is 0. The molecule has 4 atom stereocenters. The topological polar surface area (TPSA) is 205 Å². The number of unbranched alkanes of at least 4 members (excludes halogenated alkanes) is 3. The summed E-state index contributed by atoms with van der Waals surface area (Å²) in [5.41, 5.74) is 16.4. The number of carbonyl (C=O) groups is 2. The molecule has 0 aliphatic carbocycles. The fourth-order valence-corrected chi connectivity index (χ4v) is 3.55. The molecule has 0 saturated heterocycles. The van der Waals surface area contributed by atoms with Gasteiger partial charge in [-0.1, -0.05) is 32.3 Å². The van der Waals surface area contributed by atoms with E-state index in [1.165, 1.54) is 21.7 Å². The van der Waals surface area contributed by atoms with Crippen molar-refractivity contribution in [1.29, 1.82) is 5.41 Å². The molecule has 0 unspecified atom stereocenters. The number of anilines is 1. The van der Waals surface area contributed by atoms with Crippen molar-refractivity contribution in [3.63, 3.8) is 0 Å². The number of aromatic nitrogens is 2. The maximum Gasteiger partial charge on any atom is 0.351 e. The van der Waals surface area contributed by atoms with Crippen LogP contribution in [0, 0.1) is 5.41 Å². The number of nitrogens with two attached hydrogens (primary N) is 3. The Morgan fingerprint density at radius 3 is 2.75 bits per heavy atom. The summed E-state index contributed by atoms with van der Waals surface area (Å²) in [6.07, 6.45) is 6.63. The van der Waals surface area contributed by atoms with Gasteiger partial charge in [-0.05, 0) is 25.0 Å². The molecule has 0 fully saturated rings. The number of nitrogen functional groups attached to an aromatic ring is 1. The first-order valence-corrected chi connectivity index (χ1v) is 12.1. The van der Waals surface area contributed by atoms with E-state index < -0.39 is 36.1 Å². The van der Waals surface area contributed by atoms with Crippen molar-refractivity contribution < 1.29 is 19.1 Å². The van der Waals surface area contributed by atoms with E-state index in [1.54, 1.807) is 19.2 Å². The van der Waals surface area contributed by atoms with Crippen molar-refractivity contribution in [2.45, 2.75) is 69.9 Å². The molecule has 0 aromatic carbocycles. The number of amides is 1. The van der Waals surface area contributed by atoms with Gasteiger partial charge in [-0.3, -0.25) is 14.8 Å². The van der Waals surface area contributed by atoms with E-state index in [2.05, 4.69) is 17.2 Å². The molecule has 1 amide bonds. The van der Waals surface area contributed by atoms with Crippen LogP contribution in [0.15, 0.2) is 29.2 Å². The van der Waals surface area contributed by atoms with E-state index >= 15 is 0 Å². The number of hydrogen-bond donors (Lipinski definition) is 5. The number of esters is 1. The minimum Gasteiger partial charge on any atom is -0.464 e. The summed E-state index contributed by atoms with van der Waals surface area (Å²) in [5.74, 6) is -1.04. The predicted molar refractivity (Wildman–Crippen MR) is 135 cm³/mol. The second-order valence-electron chi connectivity index (χ2n) is 8.76. The average molecular weight is 507 g/mol. The van der Waals surface area contributed by atoms with Crippen molar-refractivity contribution in [2.75, 3.05) is 25.9 Å². The van der Waals surface area contributed by atoms with Crippen LogP contribution in [0.3, 0.4) is 0 Å². The van der Waals surface area contributed by atoms with Crippen LogP contribution in [0.2, 0.25) is 0 Å². The molecule has 0 radical (unpaired) electrons. The Morgan fingerprint density at radius 2 is 2.08 bits per heavy atom. The van der Waals surface area contributed by atoms with Gasteiger partial charge in [-0.2, -0.15) is 4.98 Å². The molecule has 0 spiro atoms. The number of nitrogens with zero attached hydrogens (tertiary/aromatic N) is 3. The normalized spacial score (nSPS) is 19.9. The Hall–Kier alpha value is -3.45. The lowest BCUT2D eigenvalue weighted by atomic mass is 10.1. The van der Waals surface area contributed by atoms with Crippen molar-refractivity contribution in [3.8, 4) is 0 Å². The van der Waals surface area contributed by atoms with E-state index in [-0.39, 0.29) is 30.7 Å². The van der Waals surface area contributed by atoms with E-state index in [0.717, 1.165) is 19.3 Å². The highest BCUT2D eigenvalue weighted by Crippen LogP contribution is 2.22. The predicted octanol–water partition coefficient (Wildman–Crippen LogP) is -0.180. The average Bonchev–Trinajstić information content (AvgIpc) is 2.82. The van der Waals surface area contributed by atoms with Crippen LogP contribution < -0.4 is 28.2 Å². The molecule has 200 valence electrons. The monoisotopic (exact) mass is 506 g/mol. The van der Waals surface area contributed by atoms with Crippen molar-refractivity contribution in [2.24, 2.45) is 11.5 Å². The third kappa shape index (κ3) is 8.96. The van der Waals surface area contributed by atoms with Gasteiger partial charge in [0.25, 0.3) is 0 Å². The van der Waals surface area contributed by atoms with Gasteiger partial charge in [0.05, 0.1) is 12.6 Å². The summed E-state index contributed by atoms with van der Waals surface area (Å²) < 4.78 is 12.5. The molecule has 1 aromatic heterocycles. The molecule has 0 saturated carbocycles. The van der Waals surface area contributed by atoms with E-state index in [1.807, 2.05) is 0 Å². The van der Waals surface area contributed by atoms with Gasteiger partial charge < -0.3 is 36.9 Å². The van der Waals surface area contributed by atoms with Gasteiger partial charge in [0, 0.05) is 32.3 Å². The SMILES string of the molecule is CCCCCCOC(=O)[C@H]1O[C@@H](n2ccc(N)nc2=O)C=C[C@@H]1NC(=O)C[C@@H](N)CCN(C)C(=N)N. The van der Waals surface area contributed by atoms with Crippen LogP contribution in [-0.4, -0.2) is 70.7 Å². The zero-order valence-corrected chi connectivity index (χ0v) is 20.9. The molecule has 0 bridgehead atoms. The molecular formula is C23H38N8O5. The molecule has 36 heavy (non-hydrogen) atoms. The summed E-state index contributed by atoms with van der Waals surface area (Å²) in [4.78, 5) is 43.0. The number of rotatable bonds is 13. The van der Waals surface area contributed by atoms with Gasteiger partial charge >= 0.3 is 11.7 Å². The highest BCUT2D eigenvalue weighted by atomic mass is 16.6. The van der Waals surface area contributed by atoms with Crippen LogP contribution in [0.4, 0.5) is 5.82 Å². The van der Waals surface area contributed by atoms with Gasteiger partial charge in [0.2, 0.25) is 5.91 Å². The second-order valence-corrected chi connectivity index (χ2v) is 8.76. The van der Waals surface area contributed by atoms with Crippen LogP contribution in [0.1, 0.15) is 51.7 Å². The van der Waals surface area contributed by atoms with E-state index in [9.17, 15) is 14.4 Å². The first-order valence-electron chi connectivity index (χ1n) is 12.1. The lowest BCUT2D eigenvalue weighted by Crippen LogP contribution is -2.51. The summed E-state index contributed by atoms with van der Waals surface area (Å²) in [5, 5.41) is 10.2. The molecule has 2 heterocycles. The zero-order valence-electron chi connectivity index (χ0n) is 20.9. The first-order chi connectivity index (χ1) is 17.1. The van der Waals surface area contributed by atoms with Crippen LogP contribution >= 0.6 is 0 Å². The highest BCUT2D eigenvalue weighted by molar-refractivity contribution is 5.81. The minimum atomic E-state index is -1.18. The first kappa shape index (κ1) is 28.8. The van der Waals surface area contributed by atoms with Gasteiger partial charge in [-0.25, -0.2) is 9.59 Å². The van der Waals surface area contributed by atoms with Crippen molar-refractivity contribution in [1.82, 2.24) is 19.8 Å². The largest absolute Gasteiger partial charge is 0.464 e. The zero-order chi connectivity index (χ0) is 26.7. The van der Waals surface area contributed by atoms with Gasteiger partial charge in [0.1, 0.15) is 5.82 Å². The van der Waals surface area contributed by atoms with Crippen LogP contribution in [0.5, 0.6) is 0 Å². The Labute approximate surface area is 210 Å². The maximum absolute atomic E-state index is 12.9. The van der Waals surface area contributed by atoms with Crippen LogP contribution in [-0.2, 0) is 19.1 Å². The molecule has 8 N–H and O–H groups in total. The molecule has 2 rings (SSSR count). The van der Waals surface area contributed by atoms with Crippen molar-refractivity contribution >= 4 is 23.7 Å². The Kier molecular flexibility index (Phi) is 11.3. The molecule has 1 aromatic rings. The Morgan fingerprint density at radius 1 is 1.33 bits per heavy atom. The maximum atomic E-state index is 12.9. The second kappa shape index (κ2) is 14.2. The lowest BCUT2D eigenvalue weighted by molar-refractivity contribution is -0.166. The summed E-state index contributed by atoms with van der Waals surface area (Å²) in [7, 11) is 1.66. The fraction of sp³-hybridized carbons (Fsp3) is 0.609. The Balaban J connectivity index is 2.07. The Bertz CT molecular complexity index is 981. The summed E-state index contributed by atoms with van der Waals surface area (Å²) in [6, 6.07) is 0.149. The third-order valence-corrected chi connectivity index (χ3v) is 5.72. The number of hydrogen-bond acceptors (Lipinski definition) is 9. The molecule has 13 nitrogen and oxygen atoms in total. The smallest absolute Gasteiger partial charge is 0.351 e. The van der Waals surface area contributed by atoms with E-state index in [0.29, 0.717) is 19.4 Å². The van der Waals surface area contributed by atoms with E-state index in [4.69, 9.17) is 32.1 Å². The lowest BCUT2D eigenvalue weighted by Gasteiger charge is -2.32. The highest BCUT2D eigenvalue weighted by Gasteiger charge is 2.36.